The van der Waals surface area contributed by atoms with Crippen molar-refractivity contribution in [1.29, 1.82) is 0 Å². The monoisotopic (exact) mass is 393 g/mol. The Labute approximate surface area is 160 Å². The molecule has 1 saturated heterocycles. The van der Waals surface area contributed by atoms with Crippen LogP contribution in [0, 0.1) is 6.92 Å². The molecule has 1 fully saturated rings. The first-order valence-corrected chi connectivity index (χ1v) is 10.9. The molecule has 0 bridgehead atoms. The Hall–Kier alpha value is -2.06. The van der Waals surface area contributed by atoms with Crippen LogP contribution in [0.1, 0.15) is 38.3 Å². The molecular weight excluding hydrogens is 366 g/mol. The van der Waals surface area contributed by atoms with Crippen LogP contribution in [0.5, 0.6) is 5.75 Å². The average molecular weight is 394 g/mol. The van der Waals surface area contributed by atoms with E-state index >= 15 is 0 Å². The second kappa shape index (κ2) is 8.75. The molecule has 0 aliphatic carbocycles. The molecule has 1 unspecified atom stereocenters. The number of sulfonamides is 1. The van der Waals surface area contributed by atoms with Crippen LogP contribution in [0.4, 0.5) is 5.69 Å². The molecule has 1 aliphatic heterocycles. The van der Waals surface area contributed by atoms with Crippen LogP contribution < -0.4 is 9.46 Å². The fourth-order valence-electron chi connectivity index (χ4n) is 3.11. The summed E-state index contributed by atoms with van der Waals surface area (Å²) in [5.74, 6) is 0.494. The maximum atomic E-state index is 12.9. The number of hydrogen-bond acceptors (Lipinski definition) is 5. The largest absolute Gasteiger partial charge is 0.489 e. The highest BCUT2D eigenvalue weighted by molar-refractivity contribution is 7.92. The smallest absolute Gasteiger partial charge is 0.265 e. The SMILES string of the molecule is CCCn1cc(S(=O)(=O)Nc2ccccc2OCC2CCCCO2)c(C)n1. The van der Waals surface area contributed by atoms with Gasteiger partial charge in [-0.15, -0.1) is 0 Å². The molecule has 148 valence electrons. The molecule has 1 N–H and O–H groups in total. The topological polar surface area (TPSA) is 82.5 Å². The van der Waals surface area contributed by atoms with E-state index in [-0.39, 0.29) is 11.0 Å². The van der Waals surface area contributed by atoms with Gasteiger partial charge in [0.1, 0.15) is 17.3 Å². The van der Waals surface area contributed by atoms with Crippen molar-refractivity contribution in [3.8, 4) is 5.75 Å². The first-order chi connectivity index (χ1) is 13.0. The Morgan fingerprint density at radius 2 is 2.15 bits per heavy atom. The number of rotatable bonds is 8. The molecule has 2 heterocycles. The van der Waals surface area contributed by atoms with Crippen LogP contribution in [0.15, 0.2) is 35.4 Å². The van der Waals surface area contributed by atoms with Gasteiger partial charge >= 0.3 is 0 Å². The van der Waals surface area contributed by atoms with Crippen molar-refractivity contribution in [2.45, 2.75) is 57.1 Å². The Morgan fingerprint density at radius 3 is 2.89 bits per heavy atom. The summed E-state index contributed by atoms with van der Waals surface area (Å²) in [6.07, 6.45) is 5.68. The summed E-state index contributed by atoms with van der Waals surface area (Å²) >= 11 is 0. The summed E-state index contributed by atoms with van der Waals surface area (Å²) < 4.78 is 41.5. The van der Waals surface area contributed by atoms with Crippen LogP contribution in [0.25, 0.3) is 0 Å². The highest BCUT2D eigenvalue weighted by Crippen LogP contribution is 2.28. The zero-order valence-electron chi connectivity index (χ0n) is 15.8. The summed E-state index contributed by atoms with van der Waals surface area (Å²) in [5, 5.41) is 4.28. The summed E-state index contributed by atoms with van der Waals surface area (Å²) in [6, 6.07) is 7.04. The van der Waals surface area contributed by atoms with Crippen LogP contribution in [-0.2, 0) is 21.3 Å². The molecule has 2 aromatic rings. The van der Waals surface area contributed by atoms with E-state index in [1.807, 2.05) is 13.0 Å². The van der Waals surface area contributed by atoms with E-state index in [1.54, 1.807) is 36.0 Å². The van der Waals surface area contributed by atoms with Crippen molar-refractivity contribution < 1.29 is 17.9 Å². The summed E-state index contributed by atoms with van der Waals surface area (Å²) in [4.78, 5) is 0.182. The predicted octanol–water partition coefficient (Wildman–Crippen LogP) is 3.35. The lowest BCUT2D eigenvalue weighted by Crippen LogP contribution is -2.26. The number of para-hydroxylation sites is 2. The number of anilines is 1. The molecule has 0 amide bonds. The van der Waals surface area contributed by atoms with Crippen LogP contribution in [0.3, 0.4) is 0 Å². The van der Waals surface area contributed by atoms with Gasteiger partial charge in [-0.25, -0.2) is 8.42 Å². The molecule has 1 aliphatic rings. The number of aromatic nitrogens is 2. The van der Waals surface area contributed by atoms with E-state index in [1.165, 1.54) is 0 Å². The fourth-order valence-corrected chi connectivity index (χ4v) is 4.36. The Kier molecular flexibility index (Phi) is 6.38. The van der Waals surface area contributed by atoms with E-state index in [4.69, 9.17) is 9.47 Å². The number of benzene rings is 1. The zero-order chi connectivity index (χ0) is 19.3. The van der Waals surface area contributed by atoms with Crippen molar-refractivity contribution in [3.63, 3.8) is 0 Å². The van der Waals surface area contributed by atoms with Crippen LogP contribution in [-0.4, -0.2) is 37.5 Å². The normalized spacial score (nSPS) is 17.6. The summed E-state index contributed by atoms with van der Waals surface area (Å²) in [5.41, 5.74) is 0.890. The third-order valence-corrected chi connectivity index (χ3v) is 5.94. The van der Waals surface area contributed by atoms with Gasteiger partial charge in [-0.2, -0.15) is 5.10 Å². The lowest BCUT2D eigenvalue weighted by atomic mass is 10.1. The molecule has 27 heavy (non-hydrogen) atoms. The van der Waals surface area contributed by atoms with Crippen molar-refractivity contribution in [2.75, 3.05) is 17.9 Å². The number of nitrogens with one attached hydrogen (secondary N) is 1. The van der Waals surface area contributed by atoms with Crippen LogP contribution >= 0.6 is 0 Å². The lowest BCUT2D eigenvalue weighted by Gasteiger charge is -2.23. The predicted molar refractivity (Wildman–Crippen MR) is 104 cm³/mol. The third-order valence-electron chi connectivity index (χ3n) is 4.47. The van der Waals surface area contributed by atoms with Gasteiger partial charge in [-0.05, 0) is 44.7 Å². The highest BCUT2D eigenvalue weighted by Gasteiger charge is 2.22. The van der Waals surface area contributed by atoms with E-state index in [0.717, 1.165) is 32.3 Å². The van der Waals surface area contributed by atoms with Gasteiger partial charge in [0.05, 0.1) is 17.5 Å². The van der Waals surface area contributed by atoms with E-state index < -0.39 is 10.0 Å². The maximum Gasteiger partial charge on any atom is 0.265 e. The third kappa shape index (κ3) is 5.01. The summed E-state index contributed by atoms with van der Waals surface area (Å²) in [7, 11) is -3.75. The molecule has 8 heteroatoms. The Balaban J connectivity index is 1.74. The van der Waals surface area contributed by atoms with Gasteiger partial charge in [-0.1, -0.05) is 19.1 Å². The molecule has 0 radical (unpaired) electrons. The molecule has 1 aromatic heterocycles. The van der Waals surface area contributed by atoms with Crippen molar-refractivity contribution in [3.05, 3.63) is 36.2 Å². The van der Waals surface area contributed by atoms with Crippen LogP contribution in [0.2, 0.25) is 0 Å². The van der Waals surface area contributed by atoms with Crippen molar-refractivity contribution in [2.24, 2.45) is 0 Å². The van der Waals surface area contributed by atoms with Gasteiger partial charge in [0.15, 0.2) is 0 Å². The average Bonchev–Trinajstić information content (AvgIpc) is 3.03. The minimum Gasteiger partial charge on any atom is -0.489 e. The van der Waals surface area contributed by atoms with E-state index in [2.05, 4.69) is 9.82 Å². The number of aryl methyl sites for hydroxylation is 2. The van der Waals surface area contributed by atoms with Gasteiger partial charge in [0.2, 0.25) is 0 Å². The first-order valence-electron chi connectivity index (χ1n) is 9.40. The Morgan fingerprint density at radius 1 is 1.33 bits per heavy atom. The number of nitrogens with zero attached hydrogens (tertiary/aromatic N) is 2. The second-order valence-corrected chi connectivity index (χ2v) is 8.39. The van der Waals surface area contributed by atoms with Gasteiger partial charge in [0.25, 0.3) is 10.0 Å². The van der Waals surface area contributed by atoms with E-state index in [9.17, 15) is 8.42 Å². The van der Waals surface area contributed by atoms with E-state index in [0.29, 0.717) is 30.3 Å². The minimum absolute atomic E-state index is 0.0536. The number of ether oxygens (including phenoxy) is 2. The standard InChI is InChI=1S/C19H27N3O4S/c1-3-11-22-13-19(15(2)20-22)27(23,24)21-17-9-4-5-10-18(17)26-14-16-8-6-7-12-25-16/h4-5,9-10,13,16,21H,3,6-8,11-12,14H2,1-2H3. The molecule has 7 nitrogen and oxygen atoms in total. The molecular formula is C19H27N3O4S. The quantitative estimate of drug-likeness (QED) is 0.744. The van der Waals surface area contributed by atoms with Gasteiger partial charge < -0.3 is 9.47 Å². The number of hydrogen-bond donors (Lipinski definition) is 1. The molecule has 0 saturated carbocycles. The molecule has 1 aromatic carbocycles. The maximum absolute atomic E-state index is 12.9. The zero-order valence-corrected chi connectivity index (χ0v) is 16.7. The minimum atomic E-state index is -3.75. The van der Waals surface area contributed by atoms with Gasteiger partial charge in [-0.3, -0.25) is 9.40 Å². The second-order valence-electron chi connectivity index (χ2n) is 6.74. The fraction of sp³-hybridized carbons (Fsp3) is 0.526. The molecule has 0 spiro atoms. The van der Waals surface area contributed by atoms with Gasteiger partial charge in [0, 0.05) is 19.3 Å². The summed E-state index contributed by atoms with van der Waals surface area (Å²) in [6.45, 7) is 5.56. The Bertz CT molecular complexity index is 858. The highest BCUT2D eigenvalue weighted by atomic mass is 32.2. The molecule has 3 rings (SSSR count). The van der Waals surface area contributed by atoms with Crippen molar-refractivity contribution >= 4 is 15.7 Å². The first kappa shape index (κ1) is 19.7. The lowest BCUT2D eigenvalue weighted by molar-refractivity contribution is -0.0109. The molecule has 1 atom stereocenters. The van der Waals surface area contributed by atoms with Crippen molar-refractivity contribution in [1.82, 2.24) is 9.78 Å².